The number of hydrogen-bond donors (Lipinski definition) is 0. The van der Waals surface area contributed by atoms with Gasteiger partial charge < -0.3 is 9.64 Å². The number of benzene rings is 2. The van der Waals surface area contributed by atoms with Gasteiger partial charge in [-0.3, -0.25) is 4.79 Å². The summed E-state index contributed by atoms with van der Waals surface area (Å²) < 4.78 is 5.25. The zero-order chi connectivity index (χ0) is 19.5. The number of allylic oxidation sites excluding steroid dienone is 1. The van der Waals surface area contributed by atoms with Crippen LogP contribution in [0.3, 0.4) is 0 Å². The van der Waals surface area contributed by atoms with Gasteiger partial charge in [0, 0.05) is 12.5 Å². The van der Waals surface area contributed by atoms with Crippen LogP contribution in [-0.4, -0.2) is 24.0 Å². The Bertz CT molecular complexity index is 841. The molecule has 1 heterocycles. The van der Waals surface area contributed by atoms with E-state index in [1.165, 1.54) is 16.7 Å². The first kappa shape index (κ1) is 18.8. The van der Waals surface area contributed by atoms with Crippen LogP contribution in [0, 0.1) is 5.92 Å². The Kier molecular flexibility index (Phi) is 5.52. The van der Waals surface area contributed by atoms with Gasteiger partial charge in [-0.2, -0.15) is 0 Å². The van der Waals surface area contributed by atoms with Crippen LogP contribution in [0.1, 0.15) is 56.2 Å². The van der Waals surface area contributed by atoms with Crippen molar-refractivity contribution < 1.29 is 9.53 Å². The zero-order valence-electron chi connectivity index (χ0n) is 16.8. The van der Waals surface area contributed by atoms with Gasteiger partial charge in [-0.1, -0.05) is 54.1 Å². The first-order chi connectivity index (χ1) is 13.7. The van der Waals surface area contributed by atoms with Gasteiger partial charge >= 0.3 is 0 Å². The lowest BCUT2D eigenvalue weighted by molar-refractivity contribution is -0.142. The standard InChI is InChI=1S/C25H29NO2/c1-18(21-6-4-3-5-7-21)26-24-14-10-20(17-22(24)11-15-25(26)27)16-19-8-12-23(28-2)13-9-19/h3-9,12-13,16,18,22,24H,10-11,14-15,17H2,1-2H3/t18?,22-,24-/m0/s1. The van der Waals surface area contributed by atoms with Crippen LogP contribution in [-0.2, 0) is 4.79 Å². The number of ether oxygens (including phenoxy) is 1. The lowest BCUT2D eigenvalue weighted by Gasteiger charge is -2.47. The third-order valence-corrected chi connectivity index (χ3v) is 6.39. The molecule has 0 aromatic heterocycles. The smallest absolute Gasteiger partial charge is 0.223 e. The Labute approximate surface area is 168 Å². The highest BCUT2D eigenvalue weighted by molar-refractivity contribution is 5.78. The lowest BCUT2D eigenvalue weighted by Crippen LogP contribution is -2.51. The number of likely N-dealkylation sites (tertiary alicyclic amines) is 1. The number of hydrogen-bond acceptors (Lipinski definition) is 2. The summed E-state index contributed by atoms with van der Waals surface area (Å²) in [6.45, 7) is 2.18. The molecule has 1 aliphatic heterocycles. The fourth-order valence-corrected chi connectivity index (χ4v) is 4.89. The molecule has 3 nitrogen and oxygen atoms in total. The molecule has 1 saturated carbocycles. The number of rotatable bonds is 4. The van der Waals surface area contributed by atoms with Gasteiger partial charge in [-0.15, -0.1) is 0 Å². The van der Waals surface area contributed by atoms with E-state index in [-0.39, 0.29) is 6.04 Å². The van der Waals surface area contributed by atoms with Crippen LogP contribution in [0.5, 0.6) is 5.75 Å². The van der Waals surface area contributed by atoms with Gasteiger partial charge in [0.25, 0.3) is 0 Å². The van der Waals surface area contributed by atoms with Crippen molar-refractivity contribution in [2.24, 2.45) is 5.92 Å². The summed E-state index contributed by atoms with van der Waals surface area (Å²) in [5.41, 5.74) is 3.97. The molecule has 2 aromatic carbocycles. The van der Waals surface area contributed by atoms with E-state index in [9.17, 15) is 4.79 Å². The van der Waals surface area contributed by atoms with E-state index in [1.807, 2.05) is 18.2 Å². The predicted octanol–water partition coefficient (Wildman–Crippen LogP) is 5.63. The Hall–Kier alpha value is -2.55. The van der Waals surface area contributed by atoms with Gasteiger partial charge in [0.2, 0.25) is 5.91 Å². The van der Waals surface area contributed by atoms with Crippen LogP contribution in [0.25, 0.3) is 6.08 Å². The van der Waals surface area contributed by atoms with E-state index in [0.717, 1.165) is 31.4 Å². The van der Waals surface area contributed by atoms with Crippen LogP contribution < -0.4 is 4.74 Å². The van der Waals surface area contributed by atoms with Crippen molar-refractivity contribution in [1.29, 1.82) is 0 Å². The summed E-state index contributed by atoms with van der Waals surface area (Å²) >= 11 is 0. The summed E-state index contributed by atoms with van der Waals surface area (Å²) in [5.74, 6) is 1.78. The Morgan fingerprint density at radius 1 is 1.04 bits per heavy atom. The molecule has 146 valence electrons. The summed E-state index contributed by atoms with van der Waals surface area (Å²) in [7, 11) is 1.70. The molecule has 1 aliphatic carbocycles. The van der Waals surface area contributed by atoms with Crippen molar-refractivity contribution in [3.63, 3.8) is 0 Å². The maximum atomic E-state index is 12.8. The van der Waals surface area contributed by atoms with Crippen LogP contribution in [0.15, 0.2) is 60.2 Å². The van der Waals surface area contributed by atoms with E-state index in [1.54, 1.807) is 7.11 Å². The molecular formula is C25H29NO2. The maximum Gasteiger partial charge on any atom is 0.223 e. The van der Waals surface area contributed by atoms with Gasteiger partial charge in [0.1, 0.15) is 5.75 Å². The first-order valence-electron chi connectivity index (χ1n) is 10.4. The number of methoxy groups -OCH3 is 1. The third kappa shape index (κ3) is 3.84. The number of fused-ring (bicyclic) bond motifs is 1. The molecule has 28 heavy (non-hydrogen) atoms. The van der Waals surface area contributed by atoms with Crippen molar-refractivity contribution in [2.75, 3.05) is 7.11 Å². The monoisotopic (exact) mass is 375 g/mol. The van der Waals surface area contributed by atoms with Gasteiger partial charge in [-0.25, -0.2) is 0 Å². The van der Waals surface area contributed by atoms with E-state index in [0.29, 0.717) is 24.3 Å². The normalized spacial score (nSPS) is 24.7. The molecule has 2 aliphatic rings. The molecule has 0 N–H and O–H groups in total. The molecule has 3 atom stereocenters. The molecule has 0 radical (unpaired) electrons. The van der Waals surface area contributed by atoms with Crippen molar-refractivity contribution in [1.82, 2.24) is 4.90 Å². The Balaban J connectivity index is 1.50. The summed E-state index contributed by atoms with van der Waals surface area (Å²) in [6, 6.07) is 19.2. The molecule has 2 fully saturated rings. The first-order valence-corrected chi connectivity index (χ1v) is 10.4. The van der Waals surface area contributed by atoms with E-state index >= 15 is 0 Å². The average molecular weight is 376 g/mol. The average Bonchev–Trinajstić information content (AvgIpc) is 2.74. The predicted molar refractivity (Wildman–Crippen MR) is 113 cm³/mol. The van der Waals surface area contributed by atoms with Crippen molar-refractivity contribution in [3.8, 4) is 5.75 Å². The highest BCUT2D eigenvalue weighted by Crippen LogP contribution is 2.42. The Morgan fingerprint density at radius 3 is 2.50 bits per heavy atom. The number of nitrogens with zero attached hydrogens (tertiary/aromatic N) is 1. The fraction of sp³-hybridized carbons (Fsp3) is 0.400. The molecule has 3 heteroatoms. The number of amides is 1. The van der Waals surface area contributed by atoms with Crippen LogP contribution in [0.4, 0.5) is 0 Å². The molecule has 2 aromatic rings. The van der Waals surface area contributed by atoms with Crippen LogP contribution >= 0.6 is 0 Å². The largest absolute Gasteiger partial charge is 0.497 e. The van der Waals surface area contributed by atoms with Crippen molar-refractivity contribution >= 4 is 12.0 Å². The second-order valence-corrected chi connectivity index (χ2v) is 8.07. The summed E-state index contributed by atoms with van der Waals surface area (Å²) in [4.78, 5) is 15.0. The van der Waals surface area contributed by atoms with Crippen molar-refractivity contribution in [2.45, 2.75) is 51.1 Å². The van der Waals surface area contributed by atoms with Gasteiger partial charge in [0.15, 0.2) is 0 Å². The minimum absolute atomic E-state index is 0.147. The molecule has 0 bridgehead atoms. The van der Waals surface area contributed by atoms with E-state index in [2.05, 4.69) is 54.3 Å². The molecule has 1 unspecified atom stereocenters. The second kappa shape index (κ2) is 8.22. The topological polar surface area (TPSA) is 29.5 Å². The third-order valence-electron chi connectivity index (χ3n) is 6.39. The molecule has 1 saturated heterocycles. The second-order valence-electron chi connectivity index (χ2n) is 8.07. The SMILES string of the molecule is COc1ccc(C=C2CC[C@H]3[C@@H](CCC(=O)N3C(C)c3ccccc3)C2)cc1. The Morgan fingerprint density at radius 2 is 1.79 bits per heavy atom. The highest BCUT2D eigenvalue weighted by Gasteiger charge is 2.40. The number of carbonyl (C=O) groups excluding carboxylic acids is 1. The molecule has 1 amide bonds. The van der Waals surface area contributed by atoms with Gasteiger partial charge in [-0.05, 0) is 61.8 Å². The van der Waals surface area contributed by atoms with Gasteiger partial charge in [0.05, 0.1) is 13.2 Å². The highest BCUT2D eigenvalue weighted by atomic mass is 16.5. The minimum Gasteiger partial charge on any atom is -0.497 e. The van der Waals surface area contributed by atoms with Crippen LogP contribution in [0.2, 0.25) is 0 Å². The zero-order valence-corrected chi connectivity index (χ0v) is 16.8. The lowest BCUT2D eigenvalue weighted by atomic mass is 9.74. The fourth-order valence-electron chi connectivity index (χ4n) is 4.89. The molecule has 4 rings (SSSR count). The van der Waals surface area contributed by atoms with Crippen molar-refractivity contribution in [3.05, 3.63) is 71.3 Å². The quantitative estimate of drug-likeness (QED) is 0.693. The number of piperidine rings is 1. The number of carbonyl (C=O) groups is 1. The molecule has 0 spiro atoms. The summed E-state index contributed by atoms with van der Waals surface area (Å²) in [5, 5.41) is 0. The molecular weight excluding hydrogens is 346 g/mol. The minimum atomic E-state index is 0.147. The summed E-state index contributed by atoms with van der Waals surface area (Å²) in [6.07, 6.45) is 7.25. The maximum absolute atomic E-state index is 12.8. The van der Waals surface area contributed by atoms with E-state index in [4.69, 9.17) is 4.74 Å². The van der Waals surface area contributed by atoms with E-state index < -0.39 is 0 Å².